The number of H-pyrrole nitrogens is 1. The molecule has 1 amide bonds. The van der Waals surface area contributed by atoms with Gasteiger partial charge in [-0.15, -0.1) is 21.5 Å². The average molecular weight is 483 g/mol. The third kappa shape index (κ3) is 4.64. The van der Waals surface area contributed by atoms with Gasteiger partial charge in [0, 0.05) is 23.8 Å². The maximum Gasteiger partial charge on any atom is 0.268 e. The SMILES string of the molecule is COc1ccc(-c2cc3nc(CSc4nnc(C5CC5)n4CCC(N)=O)[nH]c(=O)c3s2)cc1. The smallest absolute Gasteiger partial charge is 0.268 e. The molecule has 0 saturated heterocycles. The number of hydrogen-bond acceptors (Lipinski definition) is 8. The molecule has 3 aromatic heterocycles. The summed E-state index contributed by atoms with van der Waals surface area (Å²) in [6.45, 7) is 0.454. The first-order valence-electron chi connectivity index (χ1n) is 10.5. The molecule has 1 aliphatic rings. The number of nitrogens with two attached hydrogens (primary N) is 1. The number of hydrogen-bond donors (Lipinski definition) is 2. The minimum Gasteiger partial charge on any atom is -0.497 e. The van der Waals surface area contributed by atoms with Crippen LogP contribution in [-0.2, 0) is 17.1 Å². The third-order valence-corrected chi connectivity index (χ3v) is 7.56. The summed E-state index contributed by atoms with van der Waals surface area (Å²) in [5.41, 5.74) is 6.85. The number of methoxy groups -OCH3 is 1. The number of nitrogens with zero attached hydrogens (tertiary/aromatic N) is 4. The Morgan fingerprint density at radius 1 is 1.30 bits per heavy atom. The largest absolute Gasteiger partial charge is 0.497 e. The molecule has 1 aromatic carbocycles. The highest BCUT2D eigenvalue weighted by Gasteiger charge is 2.30. The molecule has 3 N–H and O–H groups in total. The first-order valence-corrected chi connectivity index (χ1v) is 12.3. The van der Waals surface area contributed by atoms with Gasteiger partial charge in [-0.2, -0.15) is 0 Å². The molecule has 3 heterocycles. The Bertz CT molecular complexity index is 1370. The first-order chi connectivity index (χ1) is 16.0. The predicted molar refractivity (Wildman–Crippen MR) is 128 cm³/mol. The average Bonchev–Trinajstić information content (AvgIpc) is 3.43. The number of nitrogens with one attached hydrogen (secondary N) is 1. The van der Waals surface area contributed by atoms with Gasteiger partial charge in [0.2, 0.25) is 5.91 Å². The van der Waals surface area contributed by atoms with E-state index in [1.54, 1.807) is 7.11 Å². The fourth-order valence-corrected chi connectivity index (χ4v) is 5.41. The van der Waals surface area contributed by atoms with Crippen LogP contribution in [0.2, 0.25) is 0 Å². The molecule has 0 atom stereocenters. The maximum atomic E-state index is 12.7. The highest BCUT2D eigenvalue weighted by atomic mass is 32.2. The number of ether oxygens (including phenoxy) is 1. The third-order valence-electron chi connectivity index (χ3n) is 5.41. The Morgan fingerprint density at radius 3 is 2.79 bits per heavy atom. The van der Waals surface area contributed by atoms with Crippen molar-refractivity contribution in [2.24, 2.45) is 5.73 Å². The zero-order valence-electron chi connectivity index (χ0n) is 17.9. The molecule has 0 bridgehead atoms. The number of aromatic nitrogens is 5. The zero-order valence-corrected chi connectivity index (χ0v) is 19.5. The summed E-state index contributed by atoms with van der Waals surface area (Å²) in [5.74, 6) is 2.72. The van der Waals surface area contributed by atoms with E-state index >= 15 is 0 Å². The molecule has 9 nitrogen and oxygen atoms in total. The normalized spacial score (nSPS) is 13.5. The number of aromatic amines is 1. The number of amides is 1. The summed E-state index contributed by atoms with van der Waals surface area (Å²) in [4.78, 5) is 32.5. The van der Waals surface area contributed by atoms with E-state index in [-0.39, 0.29) is 17.9 Å². The predicted octanol–water partition coefficient (Wildman–Crippen LogP) is 3.30. The molecule has 4 aromatic rings. The van der Waals surface area contributed by atoms with Gasteiger partial charge in [-0.3, -0.25) is 9.59 Å². The summed E-state index contributed by atoms with van der Waals surface area (Å²) in [7, 11) is 1.63. The van der Waals surface area contributed by atoms with Crippen LogP contribution in [-0.4, -0.2) is 37.7 Å². The van der Waals surface area contributed by atoms with E-state index < -0.39 is 0 Å². The lowest BCUT2D eigenvalue weighted by molar-refractivity contribution is -0.118. The second-order valence-electron chi connectivity index (χ2n) is 7.84. The standard InChI is InChI=1S/C22H22N6O3S2/c1-31-14-6-4-12(5-7-14)16-10-15-19(33-16)21(30)25-18(24-15)11-32-22-27-26-20(13-2-3-13)28(22)9-8-17(23)29/h4-7,10,13H,2-3,8-9,11H2,1H3,(H2,23,29)(H,24,25,30). The van der Waals surface area contributed by atoms with Crippen molar-refractivity contribution in [1.29, 1.82) is 0 Å². The van der Waals surface area contributed by atoms with Crippen LogP contribution in [0.3, 0.4) is 0 Å². The van der Waals surface area contributed by atoms with E-state index in [9.17, 15) is 9.59 Å². The molecule has 170 valence electrons. The van der Waals surface area contributed by atoms with Crippen LogP contribution in [0.5, 0.6) is 5.75 Å². The van der Waals surface area contributed by atoms with Crippen molar-refractivity contribution in [3.8, 4) is 16.2 Å². The molecule has 0 spiro atoms. The molecular formula is C22H22N6O3S2. The highest BCUT2D eigenvalue weighted by molar-refractivity contribution is 7.98. The van der Waals surface area contributed by atoms with E-state index in [0.717, 1.165) is 34.9 Å². The molecular weight excluding hydrogens is 460 g/mol. The number of rotatable bonds is 9. The molecule has 1 aliphatic carbocycles. The van der Waals surface area contributed by atoms with Crippen LogP contribution in [0.4, 0.5) is 0 Å². The first kappa shape index (κ1) is 21.7. The van der Waals surface area contributed by atoms with Crippen LogP contribution in [0.1, 0.15) is 36.8 Å². The van der Waals surface area contributed by atoms with Crippen molar-refractivity contribution < 1.29 is 9.53 Å². The second-order valence-corrected chi connectivity index (χ2v) is 9.83. The van der Waals surface area contributed by atoms with Gasteiger partial charge in [-0.25, -0.2) is 4.98 Å². The molecule has 5 rings (SSSR count). The zero-order chi connectivity index (χ0) is 22.9. The number of carbonyl (C=O) groups is 1. The van der Waals surface area contributed by atoms with Crippen LogP contribution in [0.25, 0.3) is 20.7 Å². The van der Waals surface area contributed by atoms with Crippen molar-refractivity contribution >= 4 is 39.2 Å². The maximum absolute atomic E-state index is 12.7. The summed E-state index contributed by atoms with van der Waals surface area (Å²) in [5, 5.41) is 9.33. The summed E-state index contributed by atoms with van der Waals surface area (Å²) >= 11 is 2.85. The van der Waals surface area contributed by atoms with Gasteiger partial charge >= 0.3 is 0 Å². The van der Waals surface area contributed by atoms with E-state index in [0.29, 0.717) is 39.4 Å². The molecule has 0 unspecified atom stereocenters. The minimum atomic E-state index is -0.358. The second kappa shape index (κ2) is 8.99. The molecule has 1 fully saturated rings. The highest BCUT2D eigenvalue weighted by Crippen LogP contribution is 2.40. The minimum absolute atomic E-state index is 0.158. The molecule has 11 heteroatoms. The molecule has 0 aliphatic heterocycles. The summed E-state index contributed by atoms with van der Waals surface area (Å²) < 4.78 is 7.78. The number of thiophene rings is 1. The van der Waals surface area contributed by atoms with E-state index in [1.807, 2.05) is 34.9 Å². The lowest BCUT2D eigenvalue weighted by atomic mass is 10.2. The lowest BCUT2D eigenvalue weighted by Gasteiger charge is -2.08. The van der Waals surface area contributed by atoms with Gasteiger partial charge in [-0.05, 0) is 48.7 Å². The monoisotopic (exact) mass is 482 g/mol. The van der Waals surface area contributed by atoms with Crippen LogP contribution in [0.15, 0.2) is 40.3 Å². The van der Waals surface area contributed by atoms with Crippen molar-refractivity contribution in [3.63, 3.8) is 0 Å². The van der Waals surface area contributed by atoms with Crippen molar-refractivity contribution in [3.05, 3.63) is 52.3 Å². The van der Waals surface area contributed by atoms with Crippen LogP contribution < -0.4 is 16.0 Å². The van der Waals surface area contributed by atoms with Gasteiger partial charge in [0.15, 0.2) is 5.16 Å². The molecule has 1 saturated carbocycles. The van der Waals surface area contributed by atoms with Crippen molar-refractivity contribution in [2.45, 2.75) is 42.6 Å². The Balaban J connectivity index is 1.37. The van der Waals surface area contributed by atoms with E-state index in [4.69, 9.17) is 10.5 Å². The number of thioether (sulfide) groups is 1. The molecule has 33 heavy (non-hydrogen) atoms. The molecule has 0 radical (unpaired) electrons. The number of fused-ring (bicyclic) bond motifs is 1. The Labute approximate surface area is 197 Å². The fourth-order valence-electron chi connectivity index (χ4n) is 3.57. The Hall–Kier alpha value is -3.18. The number of carbonyl (C=O) groups excluding carboxylic acids is 1. The quantitative estimate of drug-likeness (QED) is 0.350. The Kier molecular flexibility index (Phi) is 5.90. The summed E-state index contributed by atoms with van der Waals surface area (Å²) in [6.07, 6.45) is 2.40. The van der Waals surface area contributed by atoms with Gasteiger partial charge in [0.25, 0.3) is 5.56 Å². The van der Waals surface area contributed by atoms with Gasteiger partial charge in [0.05, 0.1) is 18.4 Å². The van der Waals surface area contributed by atoms with Crippen LogP contribution >= 0.6 is 23.1 Å². The van der Waals surface area contributed by atoms with Crippen molar-refractivity contribution in [1.82, 2.24) is 24.7 Å². The number of benzene rings is 1. The number of primary amides is 1. The van der Waals surface area contributed by atoms with Gasteiger partial charge in [-0.1, -0.05) is 11.8 Å². The van der Waals surface area contributed by atoms with Crippen LogP contribution in [0, 0.1) is 0 Å². The van der Waals surface area contributed by atoms with E-state index in [2.05, 4.69) is 20.2 Å². The van der Waals surface area contributed by atoms with E-state index in [1.165, 1.54) is 23.1 Å². The summed E-state index contributed by atoms with van der Waals surface area (Å²) in [6, 6.07) is 9.65. The lowest BCUT2D eigenvalue weighted by Crippen LogP contribution is -2.15. The van der Waals surface area contributed by atoms with Gasteiger partial charge < -0.3 is 20.0 Å². The topological polar surface area (TPSA) is 129 Å². The fraction of sp³-hybridized carbons (Fsp3) is 0.318. The van der Waals surface area contributed by atoms with Gasteiger partial charge in [0.1, 0.15) is 22.1 Å². The Morgan fingerprint density at radius 2 is 2.09 bits per heavy atom. The van der Waals surface area contributed by atoms with Crippen molar-refractivity contribution in [2.75, 3.05) is 7.11 Å².